The van der Waals surface area contributed by atoms with Crippen LogP contribution in [0.3, 0.4) is 0 Å². The smallest absolute Gasteiger partial charge is 0.311 e. The molecule has 3 N–H and O–H groups in total. The van der Waals surface area contributed by atoms with Gasteiger partial charge in [0.2, 0.25) is 0 Å². The van der Waals surface area contributed by atoms with Crippen LogP contribution in [0.2, 0.25) is 0 Å². The molecule has 0 saturated carbocycles. The largest absolute Gasteiger partial charge is 0.481 e. The highest BCUT2D eigenvalue weighted by Crippen LogP contribution is 2.31. The van der Waals surface area contributed by atoms with Gasteiger partial charge in [0, 0.05) is 0 Å². The monoisotopic (exact) mass is 214 g/mol. The highest BCUT2D eigenvalue weighted by molar-refractivity contribution is 5.87. The van der Waals surface area contributed by atoms with Gasteiger partial charge in [-0.15, -0.1) is 0 Å². The van der Waals surface area contributed by atoms with Crippen molar-refractivity contribution in [2.45, 2.75) is 6.42 Å². The quantitative estimate of drug-likeness (QED) is 0.572. The van der Waals surface area contributed by atoms with E-state index in [2.05, 4.69) is 0 Å². The molecule has 0 aliphatic heterocycles. The summed E-state index contributed by atoms with van der Waals surface area (Å²) in [5.74, 6) is -7.82. The van der Waals surface area contributed by atoms with Crippen LogP contribution in [0.25, 0.3) is 0 Å². The van der Waals surface area contributed by atoms with Gasteiger partial charge in [0.05, 0.1) is 17.8 Å². The summed E-state index contributed by atoms with van der Waals surface area (Å²) in [6, 6.07) is 0. The van der Waals surface area contributed by atoms with Crippen LogP contribution in [-0.2, 0) is 14.4 Å². The van der Waals surface area contributed by atoms with Crippen molar-refractivity contribution in [1.29, 1.82) is 0 Å². The number of aliphatic carboxylic acids is 3. The lowest BCUT2D eigenvalue weighted by molar-refractivity contribution is -0.160. The Morgan fingerprint density at radius 3 is 2.00 bits per heavy atom. The highest BCUT2D eigenvalue weighted by Gasteiger charge is 2.43. The lowest BCUT2D eigenvalue weighted by Gasteiger charge is -2.26. The fourth-order valence-electron chi connectivity index (χ4n) is 1.70. The van der Waals surface area contributed by atoms with Crippen LogP contribution < -0.4 is 0 Å². The normalized spacial score (nSPS) is 29.7. The Labute approximate surface area is 84.8 Å². The van der Waals surface area contributed by atoms with Crippen molar-refractivity contribution in [3.63, 3.8) is 0 Å². The summed E-state index contributed by atoms with van der Waals surface area (Å²) < 4.78 is 0. The van der Waals surface area contributed by atoms with Gasteiger partial charge in [-0.3, -0.25) is 14.4 Å². The van der Waals surface area contributed by atoms with Crippen molar-refractivity contribution >= 4 is 17.9 Å². The number of rotatable bonds is 3. The van der Waals surface area contributed by atoms with Gasteiger partial charge in [0.15, 0.2) is 0 Å². The average Bonchev–Trinajstić information content (AvgIpc) is 2.16. The maximum absolute atomic E-state index is 10.8. The zero-order valence-corrected chi connectivity index (χ0v) is 7.66. The van der Waals surface area contributed by atoms with Gasteiger partial charge in [-0.25, -0.2) is 0 Å². The fraction of sp³-hybridized carbons (Fsp3) is 0.444. The first-order valence-corrected chi connectivity index (χ1v) is 4.30. The van der Waals surface area contributed by atoms with Crippen molar-refractivity contribution in [2.75, 3.05) is 0 Å². The van der Waals surface area contributed by atoms with E-state index in [-0.39, 0.29) is 6.42 Å². The molecule has 6 heteroatoms. The minimum Gasteiger partial charge on any atom is -0.481 e. The summed E-state index contributed by atoms with van der Waals surface area (Å²) in [6.45, 7) is 0. The number of carboxylic acid groups (broad SMARTS) is 3. The summed E-state index contributed by atoms with van der Waals surface area (Å²) in [5.41, 5.74) is 0. The predicted octanol–water partition coefficient (Wildman–Crippen LogP) is 0.0487. The van der Waals surface area contributed by atoms with Crippen molar-refractivity contribution in [1.82, 2.24) is 0 Å². The van der Waals surface area contributed by atoms with E-state index in [1.165, 1.54) is 12.2 Å². The van der Waals surface area contributed by atoms with Gasteiger partial charge in [-0.2, -0.15) is 0 Å². The molecule has 0 saturated heterocycles. The van der Waals surface area contributed by atoms with E-state index >= 15 is 0 Å². The van der Waals surface area contributed by atoms with Gasteiger partial charge in [0.1, 0.15) is 0 Å². The third-order valence-corrected chi connectivity index (χ3v) is 2.44. The zero-order chi connectivity index (χ0) is 11.6. The van der Waals surface area contributed by atoms with Crippen LogP contribution >= 0.6 is 0 Å². The predicted molar refractivity (Wildman–Crippen MR) is 47.1 cm³/mol. The van der Waals surface area contributed by atoms with E-state index < -0.39 is 35.7 Å². The highest BCUT2D eigenvalue weighted by atomic mass is 16.4. The SMILES string of the molecule is O=C(O)C1C=CCC(C(=O)O)C1C(=O)O. The Bertz CT molecular complexity index is 331. The van der Waals surface area contributed by atoms with Crippen molar-refractivity contribution < 1.29 is 29.7 Å². The minimum absolute atomic E-state index is 0.0517. The van der Waals surface area contributed by atoms with Gasteiger partial charge in [0.25, 0.3) is 0 Å². The topological polar surface area (TPSA) is 112 Å². The maximum Gasteiger partial charge on any atom is 0.311 e. The number of hydrogen-bond donors (Lipinski definition) is 3. The molecule has 6 nitrogen and oxygen atoms in total. The van der Waals surface area contributed by atoms with Crippen molar-refractivity contribution in [3.05, 3.63) is 12.2 Å². The Balaban J connectivity index is 3.04. The van der Waals surface area contributed by atoms with Gasteiger partial charge < -0.3 is 15.3 Å². The molecule has 3 atom stereocenters. The number of hydrogen-bond acceptors (Lipinski definition) is 3. The number of allylic oxidation sites excluding steroid dienone is 1. The second kappa shape index (κ2) is 4.12. The molecular weight excluding hydrogens is 204 g/mol. The lowest BCUT2D eigenvalue weighted by Crippen LogP contribution is -2.39. The zero-order valence-electron chi connectivity index (χ0n) is 7.66. The molecule has 0 aromatic rings. The molecule has 0 aromatic carbocycles. The van der Waals surface area contributed by atoms with Gasteiger partial charge in [-0.05, 0) is 6.42 Å². The molecule has 0 fully saturated rings. The second-order valence-electron chi connectivity index (χ2n) is 3.34. The molecule has 0 amide bonds. The summed E-state index contributed by atoms with van der Waals surface area (Å²) in [6.07, 6.45) is 2.69. The maximum atomic E-state index is 10.8. The molecule has 1 rings (SSSR count). The van der Waals surface area contributed by atoms with Crippen LogP contribution in [-0.4, -0.2) is 33.2 Å². The molecule has 0 heterocycles. The summed E-state index contributed by atoms with van der Waals surface area (Å²) >= 11 is 0. The molecule has 3 unspecified atom stereocenters. The third-order valence-electron chi connectivity index (χ3n) is 2.44. The first-order valence-electron chi connectivity index (χ1n) is 4.30. The van der Waals surface area contributed by atoms with Crippen LogP contribution in [0.1, 0.15) is 6.42 Å². The van der Waals surface area contributed by atoms with Crippen molar-refractivity contribution in [3.8, 4) is 0 Å². The first-order chi connectivity index (χ1) is 6.95. The Hall–Kier alpha value is -1.85. The van der Waals surface area contributed by atoms with E-state index in [9.17, 15) is 14.4 Å². The Morgan fingerprint density at radius 2 is 1.60 bits per heavy atom. The van der Waals surface area contributed by atoms with E-state index in [0.717, 1.165) is 0 Å². The average molecular weight is 214 g/mol. The van der Waals surface area contributed by atoms with Crippen LogP contribution in [0.4, 0.5) is 0 Å². The van der Waals surface area contributed by atoms with E-state index in [1.54, 1.807) is 0 Å². The van der Waals surface area contributed by atoms with Gasteiger partial charge in [-0.1, -0.05) is 12.2 Å². The first kappa shape index (κ1) is 11.2. The standard InChI is InChI=1S/C9H10O6/c10-7(11)4-2-1-3-5(8(12)13)6(4)9(14)15/h1-2,4-6H,3H2,(H,10,11)(H,12,13)(H,14,15). The van der Waals surface area contributed by atoms with E-state index in [1.807, 2.05) is 0 Å². The third kappa shape index (κ3) is 2.15. The molecule has 1 aliphatic rings. The summed E-state index contributed by atoms with van der Waals surface area (Å²) in [4.78, 5) is 32.3. The molecule has 0 spiro atoms. The van der Waals surface area contributed by atoms with Crippen LogP contribution in [0.15, 0.2) is 12.2 Å². The summed E-state index contributed by atoms with van der Waals surface area (Å²) in [5, 5.41) is 26.3. The molecule has 0 bridgehead atoms. The molecular formula is C9H10O6. The molecule has 0 aromatic heterocycles. The number of carbonyl (C=O) groups is 3. The van der Waals surface area contributed by atoms with Crippen molar-refractivity contribution in [2.24, 2.45) is 17.8 Å². The van der Waals surface area contributed by atoms with Gasteiger partial charge >= 0.3 is 17.9 Å². The fourth-order valence-corrected chi connectivity index (χ4v) is 1.70. The molecule has 82 valence electrons. The molecule has 1 aliphatic carbocycles. The number of carboxylic acids is 3. The lowest BCUT2D eigenvalue weighted by atomic mass is 9.76. The second-order valence-corrected chi connectivity index (χ2v) is 3.34. The molecule has 0 radical (unpaired) electrons. The minimum atomic E-state index is -1.40. The molecule has 15 heavy (non-hydrogen) atoms. The van der Waals surface area contributed by atoms with Crippen LogP contribution in [0.5, 0.6) is 0 Å². The van der Waals surface area contributed by atoms with E-state index in [4.69, 9.17) is 15.3 Å². The Kier molecular flexibility index (Phi) is 3.08. The van der Waals surface area contributed by atoms with E-state index in [0.29, 0.717) is 0 Å². The van der Waals surface area contributed by atoms with Crippen LogP contribution in [0, 0.1) is 17.8 Å². The Morgan fingerprint density at radius 1 is 1.00 bits per heavy atom. The summed E-state index contributed by atoms with van der Waals surface area (Å²) in [7, 11) is 0.